The third-order valence-electron chi connectivity index (χ3n) is 2.75. The summed E-state index contributed by atoms with van der Waals surface area (Å²) in [5.41, 5.74) is 2.54. The minimum absolute atomic E-state index is 0.107. The Morgan fingerprint density at radius 2 is 1.89 bits per heavy atom. The molecule has 18 heavy (non-hydrogen) atoms. The lowest BCUT2D eigenvalue weighted by atomic mass is 10.1. The third kappa shape index (κ3) is 5.07. The van der Waals surface area contributed by atoms with E-state index in [9.17, 15) is 5.11 Å². The highest BCUT2D eigenvalue weighted by atomic mass is 16.3. The fourth-order valence-corrected chi connectivity index (χ4v) is 1.89. The van der Waals surface area contributed by atoms with Crippen LogP contribution < -0.4 is 10.2 Å². The largest absolute Gasteiger partial charge is 0.392 e. The summed E-state index contributed by atoms with van der Waals surface area (Å²) in [6.45, 7) is 9.78. The first kappa shape index (κ1) is 15.0. The monoisotopic (exact) mass is 250 g/mol. The first-order valence-corrected chi connectivity index (χ1v) is 6.52. The molecule has 0 aliphatic heterocycles. The Balaban J connectivity index is 2.79. The number of nitrogens with one attached hydrogen (secondary N) is 1. The number of rotatable bonds is 5. The van der Waals surface area contributed by atoms with Crippen LogP contribution in [0.15, 0.2) is 24.3 Å². The van der Waals surface area contributed by atoms with Gasteiger partial charge in [0, 0.05) is 31.4 Å². The van der Waals surface area contributed by atoms with E-state index in [-0.39, 0.29) is 11.6 Å². The van der Waals surface area contributed by atoms with Gasteiger partial charge in [-0.1, -0.05) is 18.2 Å². The Hall–Kier alpha value is -1.06. The number of hydrogen-bond donors (Lipinski definition) is 2. The maximum Gasteiger partial charge on any atom is 0.0686 e. The molecule has 102 valence electrons. The highest BCUT2D eigenvalue weighted by Crippen LogP contribution is 2.20. The fourth-order valence-electron chi connectivity index (χ4n) is 1.89. The van der Waals surface area contributed by atoms with Crippen molar-refractivity contribution in [3.63, 3.8) is 0 Å². The molecule has 1 aromatic rings. The van der Waals surface area contributed by atoms with Gasteiger partial charge in [-0.2, -0.15) is 0 Å². The number of likely N-dealkylation sites (N-methyl/N-ethyl adjacent to an activating group) is 1. The first-order valence-electron chi connectivity index (χ1n) is 6.52. The van der Waals surface area contributed by atoms with Crippen LogP contribution in [0, 0.1) is 0 Å². The molecule has 0 aliphatic carbocycles. The summed E-state index contributed by atoms with van der Waals surface area (Å²) in [6.07, 6.45) is -0.321. The summed E-state index contributed by atoms with van der Waals surface area (Å²) in [4.78, 5) is 2.10. The number of nitrogens with zero attached hydrogens (tertiary/aromatic N) is 1. The molecule has 1 rings (SSSR count). The number of benzene rings is 1. The van der Waals surface area contributed by atoms with Gasteiger partial charge < -0.3 is 15.3 Å². The van der Waals surface area contributed by atoms with Crippen LogP contribution in [0.4, 0.5) is 5.69 Å². The zero-order valence-corrected chi connectivity index (χ0v) is 12.2. The lowest BCUT2D eigenvalue weighted by molar-refractivity contribution is 0.201. The van der Waals surface area contributed by atoms with E-state index in [1.165, 1.54) is 11.3 Å². The van der Waals surface area contributed by atoms with Crippen molar-refractivity contribution >= 4 is 5.69 Å². The van der Waals surface area contributed by atoms with Gasteiger partial charge in [0.05, 0.1) is 6.10 Å². The minimum Gasteiger partial charge on any atom is -0.392 e. The molecule has 0 heterocycles. The van der Waals surface area contributed by atoms with Crippen LogP contribution in [-0.2, 0) is 6.54 Å². The Bertz CT molecular complexity index is 369. The van der Waals surface area contributed by atoms with E-state index < -0.39 is 0 Å². The highest BCUT2D eigenvalue weighted by molar-refractivity contribution is 5.53. The Morgan fingerprint density at radius 3 is 2.44 bits per heavy atom. The van der Waals surface area contributed by atoms with E-state index in [0.29, 0.717) is 6.54 Å². The second kappa shape index (κ2) is 6.21. The van der Waals surface area contributed by atoms with Gasteiger partial charge in [-0.3, -0.25) is 0 Å². The molecular formula is C15H26N2O. The number of para-hydroxylation sites is 1. The summed E-state index contributed by atoms with van der Waals surface area (Å²) in [6, 6.07) is 8.32. The lowest BCUT2D eigenvalue weighted by Crippen LogP contribution is -2.36. The molecule has 3 heteroatoms. The average molecular weight is 250 g/mol. The van der Waals surface area contributed by atoms with E-state index in [4.69, 9.17) is 0 Å². The summed E-state index contributed by atoms with van der Waals surface area (Å²) in [5, 5.41) is 13.0. The summed E-state index contributed by atoms with van der Waals surface area (Å²) in [5.74, 6) is 0. The van der Waals surface area contributed by atoms with Crippen LogP contribution in [0.1, 0.15) is 33.3 Å². The van der Waals surface area contributed by atoms with Crippen LogP contribution in [-0.4, -0.2) is 30.3 Å². The van der Waals surface area contributed by atoms with Crippen molar-refractivity contribution in [2.45, 2.75) is 45.9 Å². The molecule has 0 aliphatic rings. The Kier molecular flexibility index (Phi) is 5.17. The zero-order valence-electron chi connectivity index (χ0n) is 12.2. The van der Waals surface area contributed by atoms with Crippen molar-refractivity contribution in [2.24, 2.45) is 0 Å². The lowest BCUT2D eigenvalue weighted by Gasteiger charge is -2.26. The maximum atomic E-state index is 9.48. The minimum atomic E-state index is -0.321. The zero-order chi connectivity index (χ0) is 13.8. The van der Waals surface area contributed by atoms with Crippen LogP contribution in [0.5, 0.6) is 0 Å². The van der Waals surface area contributed by atoms with Gasteiger partial charge >= 0.3 is 0 Å². The van der Waals surface area contributed by atoms with Crippen molar-refractivity contribution in [2.75, 3.05) is 18.5 Å². The molecule has 0 fully saturated rings. The Morgan fingerprint density at radius 1 is 1.28 bits per heavy atom. The van der Waals surface area contributed by atoms with Gasteiger partial charge in [-0.25, -0.2) is 0 Å². The topological polar surface area (TPSA) is 35.5 Å². The van der Waals surface area contributed by atoms with Crippen molar-refractivity contribution in [1.29, 1.82) is 0 Å². The molecule has 0 amide bonds. The molecule has 0 spiro atoms. The van der Waals surface area contributed by atoms with Gasteiger partial charge in [0.25, 0.3) is 0 Å². The molecule has 3 nitrogen and oxygen atoms in total. The molecular weight excluding hydrogens is 224 g/mol. The third-order valence-corrected chi connectivity index (χ3v) is 2.75. The predicted octanol–water partition coefficient (Wildman–Crippen LogP) is 2.39. The van der Waals surface area contributed by atoms with Gasteiger partial charge in [0.15, 0.2) is 0 Å². The van der Waals surface area contributed by atoms with E-state index in [1.807, 2.05) is 20.0 Å². The molecule has 1 aromatic carbocycles. The first-order chi connectivity index (χ1) is 8.29. The predicted molar refractivity (Wildman–Crippen MR) is 78.0 cm³/mol. The molecule has 0 saturated heterocycles. The molecule has 2 N–H and O–H groups in total. The molecule has 0 saturated carbocycles. The highest BCUT2D eigenvalue weighted by Gasteiger charge is 2.12. The summed E-state index contributed by atoms with van der Waals surface area (Å²) >= 11 is 0. The van der Waals surface area contributed by atoms with E-state index in [2.05, 4.69) is 49.2 Å². The number of anilines is 1. The van der Waals surface area contributed by atoms with E-state index in [1.54, 1.807) is 0 Å². The second-order valence-electron chi connectivity index (χ2n) is 5.96. The van der Waals surface area contributed by atoms with Gasteiger partial charge in [0.2, 0.25) is 0 Å². The standard InChI is InChI=1S/C15H26N2O/c1-12(18)11-17(5)14-9-7-6-8-13(14)10-16-15(2,3)4/h6-9,12,16,18H,10-11H2,1-5H3. The Labute approximate surface area is 111 Å². The molecule has 0 aromatic heterocycles. The van der Waals surface area contributed by atoms with Crippen molar-refractivity contribution in [3.05, 3.63) is 29.8 Å². The smallest absolute Gasteiger partial charge is 0.0686 e. The van der Waals surface area contributed by atoms with E-state index >= 15 is 0 Å². The van der Waals surface area contributed by atoms with Crippen molar-refractivity contribution in [3.8, 4) is 0 Å². The van der Waals surface area contributed by atoms with Gasteiger partial charge in [-0.05, 0) is 39.3 Å². The van der Waals surface area contributed by atoms with Crippen molar-refractivity contribution in [1.82, 2.24) is 5.32 Å². The molecule has 0 radical (unpaired) electrons. The van der Waals surface area contributed by atoms with Crippen molar-refractivity contribution < 1.29 is 5.11 Å². The summed E-state index contributed by atoms with van der Waals surface area (Å²) in [7, 11) is 2.02. The fraction of sp³-hybridized carbons (Fsp3) is 0.600. The van der Waals surface area contributed by atoms with E-state index in [0.717, 1.165) is 6.54 Å². The second-order valence-corrected chi connectivity index (χ2v) is 5.96. The van der Waals surface area contributed by atoms with Crippen LogP contribution >= 0.6 is 0 Å². The normalized spacial score (nSPS) is 13.4. The van der Waals surface area contributed by atoms with Gasteiger partial charge in [-0.15, -0.1) is 0 Å². The van der Waals surface area contributed by atoms with Crippen LogP contribution in [0.3, 0.4) is 0 Å². The molecule has 0 bridgehead atoms. The number of hydrogen-bond acceptors (Lipinski definition) is 3. The van der Waals surface area contributed by atoms with Crippen LogP contribution in [0.25, 0.3) is 0 Å². The maximum absolute atomic E-state index is 9.48. The van der Waals surface area contributed by atoms with Gasteiger partial charge in [0.1, 0.15) is 0 Å². The molecule has 1 atom stereocenters. The molecule has 1 unspecified atom stereocenters. The summed E-state index contributed by atoms with van der Waals surface area (Å²) < 4.78 is 0. The average Bonchev–Trinajstić information content (AvgIpc) is 2.25. The quantitative estimate of drug-likeness (QED) is 0.842. The SMILES string of the molecule is CC(O)CN(C)c1ccccc1CNC(C)(C)C. The number of aliphatic hydroxyl groups is 1. The van der Waals surface area contributed by atoms with Crippen LogP contribution in [0.2, 0.25) is 0 Å². The number of aliphatic hydroxyl groups excluding tert-OH is 1.